The van der Waals surface area contributed by atoms with Crippen LogP contribution in [-0.2, 0) is 11.2 Å². The Balaban J connectivity index is 1.43. The molecule has 3 rings (SSSR count). The molecule has 1 aromatic heterocycles. The van der Waals surface area contributed by atoms with Gasteiger partial charge < -0.3 is 15.4 Å². The van der Waals surface area contributed by atoms with Crippen molar-refractivity contribution in [1.29, 1.82) is 0 Å². The van der Waals surface area contributed by atoms with Crippen molar-refractivity contribution in [2.75, 3.05) is 24.3 Å². The highest BCUT2D eigenvalue weighted by Gasteiger charge is 2.06. The molecular formula is C22H27N3O2. The van der Waals surface area contributed by atoms with Gasteiger partial charge >= 0.3 is 0 Å². The Morgan fingerprint density at radius 2 is 2.00 bits per heavy atom. The van der Waals surface area contributed by atoms with Crippen molar-refractivity contribution in [3.05, 3.63) is 59.8 Å². The van der Waals surface area contributed by atoms with E-state index in [-0.39, 0.29) is 5.91 Å². The summed E-state index contributed by atoms with van der Waals surface area (Å²) in [5.74, 6) is 1.55. The lowest BCUT2D eigenvalue weighted by atomic mass is 9.97. The lowest BCUT2D eigenvalue weighted by Crippen LogP contribution is -2.14. The summed E-state index contributed by atoms with van der Waals surface area (Å²) in [4.78, 5) is 16.6. The molecule has 2 N–H and O–H groups in total. The predicted molar refractivity (Wildman–Crippen MR) is 109 cm³/mol. The van der Waals surface area contributed by atoms with Gasteiger partial charge in [-0.2, -0.15) is 0 Å². The number of hydrogen-bond donors (Lipinski definition) is 2. The largest absolute Gasteiger partial charge is 0.497 e. The molecule has 0 fully saturated rings. The Kier molecular flexibility index (Phi) is 6.85. The fourth-order valence-electron chi connectivity index (χ4n) is 3.19. The summed E-state index contributed by atoms with van der Waals surface area (Å²) in [5, 5.41) is 6.23. The summed E-state index contributed by atoms with van der Waals surface area (Å²) in [6.45, 7) is 0.891. The van der Waals surface area contributed by atoms with E-state index in [9.17, 15) is 4.79 Å². The summed E-state index contributed by atoms with van der Waals surface area (Å²) in [6, 6.07) is 11.3. The number of pyridine rings is 1. The molecule has 1 aromatic carbocycles. The molecule has 0 aliphatic heterocycles. The zero-order chi connectivity index (χ0) is 18.9. The number of carbonyl (C=O) groups is 1. The molecule has 0 saturated carbocycles. The lowest BCUT2D eigenvalue weighted by Gasteiger charge is -2.13. The molecule has 0 bridgehead atoms. The number of nitrogens with zero attached hydrogens (tertiary/aromatic N) is 1. The molecule has 2 aromatic rings. The van der Waals surface area contributed by atoms with Crippen LogP contribution in [0.5, 0.6) is 5.75 Å². The van der Waals surface area contributed by atoms with Crippen LogP contribution in [0.3, 0.4) is 0 Å². The maximum Gasteiger partial charge on any atom is 0.228 e. The number of rotatable bonds is 8. The standard InChI is InChI=1S/C22H27N3O2/c1-27-20-10-7-18(8-11-20)15-22(26)25-19-9-12-21(24-16-19)23-14-13-17-5-3-2-4-6-17/h5,7-12,16H,2-4,6,13-15H2,1H3,(H,23,24)(H,25,26). The summed E-state index contributed by atoms with van der Waals surface area (Å²) >= 11 is 0. The zero-order valence-corrected chi connectivity index (χ0v) is 15.8. The molecular weight excluding hydrogens is 338 g/mol. The van der Waals surface area contributed by atoms with Gasteiger partial charge in [0.05, 0.1) is 25.4 Å². The van der Waals surface area contributed by atoms with E-state index in [2.05, 4.69) is 21.7 Å². The number of amides is 1. The molecule has 1 aliphatic rings. The highest BCUT2D eigenvalue weighted by atomic mass is 16.5. The number of allylic oxidation sites excluding steroid dienone is 1. The zero-order valence-electron chi connectivity index (χ0n) is 15.8. The van der Waals surface area contributed by atoms with E-state index in [4.69, 9.17) is 4.74 Å². The second-order valence-corrected chi connectivity index (χ2v) is 6.79. The molecule has 1 amide bonds. The van der Waals surface area contributed by atoms with Crippen LogP contribution in [0.25, 0.3) is 0 Å². The molecule has 0 unspecified atom stereocenters. The number of hydrogen-bond acceptors (Lipinski definition) is 4. The number of carbonyl (C=O) groups excluding carboxylic acids is 1. The third kappa shape index (κ3) is 6.13. The second kappa shape index (κ2) is 9.76. The van der Waals surface area contributed by atoms with Crippen molar-refractivity contribution in [2.45, 2.75) is 38.5 Å². The Morgan fingerprint density at radius 3 is 2.67 bits per heavy atom. The fraction of sp³-hybridized carbons (Fsp3) is 0.364. The topological polar surface area (TPSA) is 63.2 Å². The average molecular weight is 365 g/mol. The van der Waals surface area contributed by atoms with E-state index in [0.29, 0.717) is 12.1 Å². The van der Waals surface area contributed by atoms with Gasteiger partial charge in [-0.3, -0.25) is 4.79 Å². The smallest absolute Gasteiger partial charge is 0.228 e. The van der Waals surface area contributed by atoms with E-state index in [1.54, 1.807) is 18.9 Å². The van der Waals surface area contributed by atoms with Gasteiger partial charge in [0, 0.05) is 6.54 Å². The first-order chi connectivity index (χ1) is 13.2. The van der Waals surface area contributed by atoms with Crippen LogP contribution in [0, 0.1) is 0 Å². The SMILES string of the molecule is COc1ccc(CC(=O)Nc2ccc(NCCC3=CCCCC3)nc2)cc1. The Labute approximate surface area is 160 Å². The average Bonchev–Trinajstić information content (AvgIpc) is 2.71. The molecule has 0 saturated heterocycles. The first kappa shape index (κ1) is 19.0. The molecule has 5 heteroatoms. The highest BCUT2D eigenvalue weighted by Crippen LogP contribution is 2.20. The monoisotopic (exact) mass is 365 g/mol. The predicted octanol–water partition coefficient (Wildman–Crippen LogP) is 4.57. The summed E-state index contributed by atoms with van der Waals surface area (Å²) in [6.07, 6.45) is 10.5. The van der Waals surface area contributed by atoms with Crippen LogP contribution in [0.4, 0.5) is 11.5 Å². The quantitative estimate of drug-likeness (QED) is 0.673. The van der Waals surface area contributed by atoms with Crippen molar-refractivity contribution >= 4 is 17.4 Å². The molecule has 1 heterocycles. The van der Waals surface area contributed by atoms with Gasteiger partial charge in [0.2, 0.25) is 5.91 Å². The lowest BCUT2D eigenvalue weighted by molar-refractivity contribution is -0.115. The molecule has 0 spiro atoms. The first-order valence-corrected chi connectivity index (χ1v) is 9.53. The molecule has 5 nitrogen and oxygen atoms in total. The van der Waals surface area contributed by atoms with E-state index in [0.717, 1.165) is 30.1 Å². The molecule has 142 valence electrons. The van der Waals surface area contributed by atoms with Gasteiger partial charge in [-0.1, -0.05) is 23.8 Å². The second-order valence-electron chi connectivity index (χ2n) is 6.79. The van der Waals surface area contributed by atoms with Gasteiger partial charge in [0.15, 0.2) is 0 Å². The third-order valence-electron chi connectivity index (χ3n) is 4.71. The van der Waals surface area contributed by atoms with Crippen molar-refractivity contribution in [2.24, 2.45) is 0 Å². The molecule has 1 aliphatic carbocycles. The number of anilines is 2. The number of aromatic nitrogens is 1. The van der Waals surface area contributed by atoms with Gasteiger partial charge in [-0.25, -0.2) is 4.98 Å². The highest BCUT2D eigenvalue weighted by molar-refractivity contribution is 5.92. The van der Waals surface area contributed by atoms with E-state index < -0.39 is 0 Å². The Bertz CT molecular complexity index is 767. The van der Waals surface area contributed by atoms with Gasteiger partial charge in [0.25, 0.3) is 0 Å². The van der Waals surface area contributed by atoms with Crippen molar-refractivity contribution in [3.8, 4) is 5.75 Å². The number of methoxy groups -OCH3 is 1. The summed E-state index contributed by atoms with van der Waals surface area (Å²) < 4.78 is 5.13. The van der Waals surface area contributed by atoms with Crippen LogP contribution in [-0.4, -0.2) is 24.5 Å². The van der Waals surface area contributed by atoms with E-state index >= 15 is 0 Å². The normalized spacial score (nSPS) is 13.6. The fourth-order valence-corrected chi connectivity index (χ4v) is 3.19. The number of benzene rings is 1. The summed E-state index contributed by atoms with van der Waals surface area (Å²) in [5.41, 5.74) is 3.20. The van der Waals surface area contributed by atoms with Crippen molar-refractivity contribution in [3.63, 3.8) is 0 Å². The van der Waals surface area contributed by atoms with Crippen molar-refractivity contribution < 1.29 is 9.53 Å². The summed E-state index contributed by atoms with van der Waals surface area (Å²) in [7, 11) is 1.63. The van der Waals surface area contributed by atoms with Gasteiger partial charge in [0.1, 0.15) is 11.6 Å². The molecule has 0 atom stereocenters. The Hall–Kier alpha value is -2.82. The molecule has 27 heavy (non-hydrogen) atoms. The Morgan fingerprint density at radius 1 is 1.15 bits per heavy atom. The van der Waals surface area contributed by atoms with Crippen LogP contribution in [0.2, 0.25) is 0 Å². The maximum atomic E-state index is 12.2. The maximum absolute atomic E-state index is 12.2. The number of ether oxygens (including phenoxy) is 1. The van der Waals surface area contributed by atoms with Crippen LogP contribution >= 0.6 is 0 Å². The minimum absolute atomic E-state index is 0.0630. The van der Waals surface area contributed by atoms with E-state index in [1.807, 2.05) is 36.4 Å². The first-order valence-electron chi connectivity index (χ1n) is 9.53. The minimum atomic E-state index is -0.0630. The third-order valence-corrected chi connectivity index (χ3v) is 4.71. The number of nitrogens with one attached hydrogen (secondary N) is 2. The van der Waals surface area contributed by atoms with Crippen LogP contribution in [0.15, 0.2) is 54.2 Å². The molecule has 0 radical (unpaired) electrons. The minimum Gasteiger partial charge on any atom is -0.497 e. The van der Waals surface area contributed by atoms with Crippen LogP contribution in [0.1, 0.15) is 37.7 Å². The van der Waals surface area contributed by atoms with Gasteiger partial charge in [-0.05, 0) is 61.9 Å². The van der Waals surface area contributed by atoms with E-state index in [1.165, 1.54) is 25.7 Å². The van der Waals surface area contributed by atoms with Gasteiger partial charge in [-0.15, -0.1) is 0 Å². The van der Waals surface area contributed by atoms with Crippen LogP contribution < -0.4 is 15.4 Å². The van der Waals surface area contributed by atoms with Crippen molar-refractivity contribution in [1.82, 2.24) is 4.98 Å².